The summed E-state index contributed by atoms with van der Waals surface area (Å²) in [5, 5.41) is 9.93. The van der Waals surface area contributed by atoms with Crippen molar-refractivity contribution in [3.05, 3.63) is 88.7 Å². The molecule has 4 rings (SSSR count). The monoisotopic (exact) mass is 561 g/mol. The Hall–Kier alpha value is -3.71. The maximum absolute atomic E-state index is 13.8. The molecule has 0 fully saturated rings. The molecule has 1 aromatic heterocycles. The third-order valence-corrected chi connectivity index (χ3v) is 7.96. The van der Waals surface area contributed by atoms with Gasteiger partial charge in [-0.25, -0.2) is 0 Å². The first-order valence-corrected chi connectivity index (χ1v) is 14.1. The number of carbonyl (C=O) groups is 3. The van der Waals surface area contributed by atoms with Gasteiger partial charge in [0.05, 0.1) is 22.7 Å². The Bertz CT molecular complexity index is 1370. The molecule has 0 unspecified atom stereocenters. The highest BCUT2D eigenvalue weighted by molar-refractivity contribution is 6.30. The summed E-state index contributed by atoms with van der Waals surface area (Å²) in [6.07, 6.45) is 4.18. The molecule has 1 aliphatic rings. The van der Waals surface area contributed by atoms with E-state index in [4.69, 9.17) is 11.6 Å². The van der Waals surface area contributed by atoms with Crippen LogP contribution in [0.15, 0.2) is 66.9 Å². The summed E-state index contributed by atoms with van der Waals surface area (Å²) >= 11 is 6.06. The van der Waals surface area contributed by atoms with Gasteiger partial charge in [-0.3, -0.25) is 19.4 Å². The van der Waals surface area contributed by atoms with Crippen LogP contribution in [0.4, 0.5) is 11.4 Å². The van der Waals surface area contributed by atoms with E-state index < -0.39 is 17.3 Å². The number of hydrogen-bond donors (Lipinski definition) is 1. The predicted molar refractivity (Wildman–Crippen MR) is 158 cm³/mol. The highest BCUT2D eigenvalue weighted by Crippen LogP contribution is 2.39. The summed E-state index contributed by atoms with van der Waals surface area (Å²) in [7, 11) is 0. The van der Waals surface area contributed by atoms with Crippen LogP contribution in [0.2, 0.25) is 5.02 Å². The number of fused-ring (bicyclic) bond motifs is 1. The second-order valence-corrected chi connectivity index (χ2v) is 11.5. The maximum Gasteiger partial charge on any atom is 0.309 e. The zero-order valence-corrected chi connectivity index (χ0v) is 24.2. The number of hydrogen-bond acceptors (Lipinski definition) is 4. The number of benzene rings is 2. The van der Waals surface area contributed by atoms with Crippen LogP contribution in [0.5, 0.6) is 0 Å². The summed E-state index contributed by atoms with van der Waals surface area (Å²) in [5.41, 5.74) is 2.87. The minimum atomic E-state index is -0.796. The van der Waals surface area contributed by atoms with Crippen LogP contribution in [0.1, 0.15) is 74.5 Å². The van der Waals surface area contributed by atoms with Gasteiger partial charge in [0.25, 0.3) is 5.91 Å². The lowest BCUT2D eigenvalue weighted by molar-refractivity contribution is -0.147. The summed E-state index contributed by atoms with van der Waals surface area (Å²) in [4.78, 5) is 47.0. The fourth-order valence-electron chi connectivity index (χ4n) is 5.27. The number of carboxylic acids is 1. The number of rotatable bonds is 9. The molecule has 1 N–H and O–H groups in total. The molecule has 7 nitrogen and oxygen atoms in total. The van der Waals surface area contributed by atoms with Crippen molar-refractivity contribution in [1.29, 1.82) is 0 Å². The van der Waals surface area contributed by atoms with Crippen LogP contribution in [-0.4, -0.2) is 40.5 Å². The molecule has 2 heterocycles. The average molecular weight is 562 g/mol. The van der Waals surface area contributed by atoms with E-state index in [1.165, 1.54) is 0 Å². The van der Waals surface area contributed by atoms with Crippen molar-refractivity contribution in [2.24, 2.45) is 5.41 Å². The zero-order valence-electron chi connectivity index (χ0n) is 23.4. The molecule has 210 valence electrons. The number of aryl methyl sites for hydroxylation is 1. The highest BCUT2D eigenvalue weighted by atomic mass is 35.5. The predicted octanol–water partition coefficient (Wildman–Crippen LogP) is 6.74. The van der Waals surface area contributed by atoms with Gasteiger partial charge in [0.15, 0.2) is 0 Å². The molecular weight excluding hydrogens is 526 g/mol. The quantitative estimate of drug-likeness (QED) is 0.312. The number of nitrogens with zero attached hydrogens (tertiary/aromatic N) is 3. The van der Waals surface area contributed by atoms with Gasteiger partial charge in [0.2, 0.25) is 5.91 Å². The smallest absolute Gasteiger partial charge is 0.309 e. The van der Waals surface area contributed by atoms with E-state index in [0.29, 0.717) is 41.4 Å². The minimum Gasteiger partial charge on any atom is -0.481 e. The fourth-order valence-corrected chi connectivity index (χ4v) is 5.40. The highest BCUT2D eigenvalue weighted by Gasteiger charge is 2.40. The Labute approximate surface area is 240 Å². The normalized spacial score (nSPS) is 16.8. The van der Waals surface area contributed by atoms with E-state index >= 15 is 0 Å². The Morgan fingerprint density at radius 1 is 1.07 bits per heavy atom. The largest absolute Gasteiger partial charge is 0.481 e. The molecule has 2 amide bonds. The van der Waals surface area contributed by atoms with Gasteiger partial charge < -0.3 is 14.9 Å². The van der Waals surface area contributed by atoms with E-state index in [1.54, 1.807) is 48.0 Å². The molecule has 2 aromatic carbocycles. The van der Waals surface area contributed by atoms with Gasteiger partial charge in [-0.05, 0) is 107 Å². The van der Waals surface area contributed by atoms with Crippen molar-refractivity contribution in [3.8, 4) is 0 Å². The number of anilines is 2. The summed E-state index contributed by atoms with van der Waals surface area (Å²) in [6, 6.07) is 18.1. The van der Waals surface area contributed by atoms with Crippen LogP contribution in [0, 0.1) is 5.41 Å². The van der Waals surface area contributed by atoms with E-state index in [-0.39, 0.29) is 17.9 Å². The number of carbonyl (C=O) groups excluding carboxylic acids is 2. The first-order chi connectivity index (χ1) is 19.0. The molecule has 0 saturated heterocycles. The van der Waals surface area contributed by atoms with Crippen molar-refractivity contribution in [2.45, 2.75) is 65.3 Å². The molecule has 0 saturated carbocycles. The molecular formula is C32H36ClN3O4. The fraction of sp³-hybridized carbons (Fsp3) is 0.375. The van der Waals surface area contributed by atoms with Crippen LogP contribution in [-0.2, 0) is 16.0 Å². The van der Waals surface area contributed by atoms with E-state index in [9.17, 15) is 19.5 Å². The lowest BCUT2D eigenvalue weighted by Gasteiger charge is -2.39. The van der Waals surface area contributed by atoms with Crippen LogP contribution in [0.3, 0.4) is 0 Å². The Kier molecular flexibility index (Phi) is 8.94. The molecule has 0 aliphatic carbocycles. The van der Waals surface area contributed by atoms with E-state index in [1.807, 2.05) is 56.3 Å². The topological polar surface area (TPSA) is 90.8 Å². The van der Waals surface area contributed by atoms with Gasteiger partial charge in [-0.15, -0.1) is 0 Å². The Morgan fingerprint density at radius 3 is 2.38 bits per heavy atom. The van der Waals surface area contributed by atoms with E-state index in [2.05, 4.69) is 4.98 Å². The standard InChI is InChI=1S/C32H36ClN3O4/c1-5-35(25-16-14-24(33)15-17-25)30(38)26-20-21(2)36(27-9-7-19-34-28(26)27)29(37)23-12-10-22(11-13-23)8-6-18-32(3,4)31(39)40/h7,9-17,19,21,26H,5-6,8,18,20H2,1-4H3,(H,39,40)/t21-,26-/m0/s1. The Morgan fingerprint density at radius 2 is 1.75 bits per heavy atom. The number of pyridine rings is 1. The molecule has 2 atom stereocenters. The number of aromatic nitrogens is 1. The van der Waals surface area contributed by atoms with Gasteiger partial charge in [-0.2, -0.15) is 0 Å². The zero-order chi connectivity index (χ0) is 29.0. The number of amides is 2. The summed E-state index contributed by atoms with van der Waals surface area (Å²) in [5.74, 6) is -1.48. The third kappa shape index (κ3) is 6.20. The van der Waals surface area contributed by atoms with Crippen molar-refractivity contribution in [2.75, 3.05) is 16.3 Å². The first-order valence-electron chi connectivity index (χ1n) is 13.7. The summed E-state index contributed by atoms with van der Waals surface area (Å²) in [6.45, 7) is 7.87. The second-order valence-electron chi connectivity index (χ2n) is 11.0. The third-order valence-electron chi connectivity index (χ3n) is 7.71. The lowest BCUT2D eigenvalue weighted by atomic mass is 9.86. The molecule has 3 aromatic rings. The molecule has 40 heavy (non-hydrogen) atoms. The Balaban J connectivity index is 1.53. The minimum absolute atomic E-state index is 0.0563. The summed E-state index contributed by atoms with van der Waals surface area (Å²) < 4.78 is 0. The number of likely N-dealkylation sites (N-methyl/N-ethyl adjacent to an activating group) is 1. The number of carboxylic acid groups (broad SMARTS) is 1. The van der Waals surface area contributed by atoms with Crippen molar-refractivity contribution in [1.82, 2.24) is 4.98 Å². The van der Waals surface area contributed by atoms with Crippen molar-refractivity contribution in [3.63, 3.8) is 0 Å². The van der Waals surface area contributed by atoms with Gasteiger partial charge in [0, 0.05) is 35.1 Å². The maximum atomic E-state index is 13.8. The number of halogens is 1. The van der Waals surface area contributed by atoms with Crippen LogP contribution in [0.25, 0.3) is 0 Å². The second kappa shape index (κ2) is 12.2. The first kappa shape index (κ1) is 29.3. The molecule has 0 spiro atoms. The van der Waals surface area contributed by atoms with Crippen molar-refractivity contribution >= 4 is 40.8 Å². The van der Waals surface area contributed by atoms with Crippen LogP contribution < -0.4 is 9.80 Å². The molecule has 8 heteroatoms. The molecule has 0 bridgehead atoms. The molecule has 0 radical (unpaired) electrons. The van der Waals surface area contributed by atoms with Gasteiger partial charge in [-0.1, -0.05) is 23.7 Å². The SMILES string of the molecule is CCN(C(=O)[C@H]1C[C@H](C)N(C(=O)c2ccc(CCCC(C)(C)C(=O)O)cc2)c2cccnc21)c1ccc(Cl)cc1. The van der Waals surface area contributed by atoms with Gasteiger partial charge in [0.1, 0.15) is 0 Å². The number of aliphatic carboxylic acids is 1. The van der Waals surface area contributed by atoms with Crippen molar-refractivity contribution < 1.29 is 19.5 Å². The lowest BCUT2D eigenvalue weighted by Crippen LogP contribution is -2.47. The van der Waals surface area contributed by atoms with Gasteiger partial charge >= 0.3 is 5.97 Å². The van der Waals surface area contributed by atoms with E-state index in [0.717, 1.165) is 24.1 Å². The van der Waals surface area contributed by atoms with Crippen LogP contribution >= 0.6 is 11.6 Å². The average Bonchev–Trinajstić information content (AvgIpc) is 2.94. The molecule has 1 aliphatic heterocycles.